The Morgan fingerprint density at radius 3 is 2.90 bits per heavy atom. The van der Waals surface area contributed by atoms with Crippen LogP contribution in [0, 0.1) is 10.7 Å². The number of rotatable bonds is 5. The zero-order chi connectivity index (χ0) is 15.5. The minimum Gasteiger partial charge on any atom is -0.383 e. The van der Waals surface area contributed by atoms with Gasteiger partial charge in [0.1, 0.15) is 10.4 Å². The Hall–Kier alpha value is -1.03. The van der Waals surface area contributed by atoms with Crippen molar-refractivity contribution in [2.45, 2.75) is 43.7 Å². The molecule has 6 heteroatoms. The molecule has 1 aliphatic heterocycles. The molecule has 0 saturated carbocycles. The Kier molecular flexibility index (Phi) is 5.31. The molecular weight excluding hydrogens is 284 g/mol. The van der Waals surface area contributed by atoms with Gasteiger partial charge in [0.25, 0.3) is 0 Å². The number of hydrogen-bond acceptors (Lipinski definition) is 5. The minimum absolute atomic E-state index is 0.0290. The normalized spacial score (nSPS) is 19.9. The summed E-state index contributed by atoms with van der Waals surface area (Å²) in [4.78, 5) is 2.42. The van der Waals surface area contributed by atoms with Gasteiger partial charge in [-0.05, 0) is 12.5 Å². The Morgan fingerprint density at radius 1 is 1.52 bits per heavy atom. The molecule has 0 amide bonds. The average molecular weight is 308 g/mol. The van der Waals surface area contributed by atoms with Crippen molar-refractivity contribution in [1.29, 1.82) is 5.26 Å². The van der Waals surface area contributed by atoms with Gasteiger partial charge in [0, 0.05) is 49.6 Å². The van der Waals surface area contributed by atoms with Crippen LogP contribution in [0.1, 0.15) is 38.9 Å². The number of thiocyanates is 1. The maximum atomic E-state index is 8.87. The molecule has 2 heterocycles. The molecule has 2 rings (SSSR count). The number of methoxy groups -OCH3 is 1. The monoisotopic (exact) mass is 308 g/mol. The molecule has 21 heavy (non-hydrogen) atoms. The third-order valence-corrected chi connectivity index (χ3v) is 4.34. The van der Waals surface area contributed by atoms with Gasteiger partial charge in [0.05, 0.1) is 12.6 Å². The molecule has 5 nitrogen and oxygen atoms in total. The second kappa shape index (κ2) is 6.82. The van der Waals surface area contributed by atoms with E-state index < -0.39 is 0 Å². The van der Waals surface area contributed by atoms with Crippen LogP contribution in [0.5, 0.6) is 0 Å². The summed E-state index contributed by atoms with van der Waals surface area (Å²) in [5.41, 5.74) is 1.24. The minimum atomic E-state index is 0.0290. The number of aromatic nitrogens is 2. The zero-order valence-corrected chi connectivity index (χ0v) is 14.1. The van der Waals surface area contributed by atoms with Crippen LogP contribution in [0.3, 0.4) is 0 Å². The molecule has 0 aromatic carbocycles. The second-order valence-electron chi connectivity index (χ2n) is 6.49. The first-order chi connectivity index (χ1) is 9.95. The fourth-order valence-electron chi connectivity index (χ4n) is 2.74. The molecule has 0 spiro atoms. The molecule has 1 atom stereocenters. The van der Waals surface area contributed by atoms with Crippen LogP contribution in [0.2, 0.25) is 0 Å². The molecule has 0 N–H and O–H groups in total. The summed E-state index contributed by atoms with van der Waals surface area (Å²) in [7, 11) is 1.74. The molecule has 116 valence electrons. The predicted octanol–water partition coefficient (Wildman–Crippen LogP) is 2.65. The molecule has 0 radical (unpaired) electrons. The summed E-state index contributed by atoms with van der Waals surface area (Å²) in [6.45, 7) is 10.4. The first kappa shape index (κ1) is 16.3. The molecule has 0 aliphatic carbocycles. The summed E-state index contributed by atoms with van der Waals surface area (Å²) in [6, 6.07) is 2.45. The summed E-state index contributed by atoms with van der Waals surface area (Å²) in [6.07, 6.45) is 1.10. The number of thioether (sulfide) groups is 1. The Bertz CT molecular complexity index is 515. The Balaban J connectivity index is 2.17. The molecule has 1 aliphatic rings. The second-order valence-corrected chi connectivity index (χ2v) is 7.30. The third kappa shape index (κ3) is 4.00. The lowest BCUT2D eigenvalue weighted by atomic mass is 9.92. The quantitative estimate of drug-likeness (QED) is 0.618. The molecular formula is C15H24N4OS. The maximum absolute atomic E-state index is 8.87. The van der Waals surface area contributed by atoms with E-state index in [0.717, 1.165) is 49.4 Å². The van der Waals surface area contributed by atoms with Crippen molar-refractivity contribution in [3.8, 4) is 5.40 Å². The number of nitrogens with zero attached hydrogens (tertiary/aromatic N) is 4. The average Bonchev–Trinajstić information content (AvgIpc) is 3.02. The highest BCUT2D eigenvalue weighted by Crippen LogP contribution is 2.32. The van der Waals surface area contributed by atoms with Crippen molar-refractivity contribution in [1.82, 2.24) is 14.7 Å². The molecule has 1 aromatic rings. The summed E-state index contributed by atoms with van der Waals surface area (Å²) in [5, 5.41) is 16.5. The zero-order valence-electron chi connectivity index (χ0n) is 13.3. The van der Waals surface area contributed by atoms with Gasteiger partial charge in [0.15, 0.2) is 0 Å². The van der Waals surface area contributed by atoms with Crippen molar-refractivity contribution in [2.75, 3.05) is 33.4 Å². The summed E-state index contributed by atoms with van der Waals surface area (Å²) < 4.78 is 7.30. The third-order valence-electron chi connectivity index (χ3n) is 3.84. The molecule has 0 bridgehead atoms. The van der Waals surface area contributed by atoms with Crippen molar-refractivity contribution in [3.05, 3.63) is 11.8 Å². The van der Waals surface area contributed by atoms with Crippen LogP contribution in [0.4, 0.5) is 0 Å². The highest BCUT2D eigenvalue weighted by atomic mass is 32.2. The number of hydrogen-bond donors (Lipinski definition) is 0. The van der Waals surface area contributed by atoms with Gasteiger partial charge in [-0.25, -0.2) is 0 Å². The number of nitriles is 1. The van der Waals surface area contributed by atoms with Crippen molar-refractivity contribution < 1.29 is 4.74 Å². The smallest absolute Gasteiger partial charge is 0.140 e. The number of likely N-dealkylation sites (tertiary alicyclic amines) is 1. The van der Waals surface area contributed by atoms with Crippen LogP contribution in [0.25, 0.3) is 0 Å². The van der Waals surface area contributed by atoms with E-state index in [4.69, 9.17) is 10.00 Å². The molecule has 1 unspecified atom stereocenters. The van der Waals surface area contributed by atoms with Crippen LogP contribution in [0.15, 0.2) is 11.1 Å². The highest BCUT2D eigenvalue weighted by Gasteiger charge is 2.30. The fourth-order valence-corrected chi connectivity index (χ4v) is 3.14. The van der Waals surface area contributed by atoms with Gasteiger partial charge in [-0.3, -0.25) is 9.58 Å². The largest absolute Gasteiger partial charge is 0.383 e. The van der Waals surface area contributed by atoms with Gasteiger partial charge < -0.3 is 4.74 Å². The van der Waals surface area contributed by atoms with E-state index in [1.54, 1.807) is 7.11 Å². The van der Waals surface area contributed by atoms with E-state index >= 15 is 0 Å². The van der Waals surface area contributed by atoms with Crippen molar-refractivity contribution >= 4 is 11.8 Å². The van der Waals surface area contributed by atoms with E-state index in [1.165, 1.54) is 5.69 Å². The molecule has 1 fully saturated rings. The van der Waals surface area contributed by atoms with Gasteiger partial charge in [-0.15, -0.1) is 0 Å². The lowest BCUT2D eigenvalue weighted by Gasteiger charge is -2.24. The molecule has 1 aromatic heterocycles. The van der Waals surface area contributed by atoms with Crippen molar-refractivity contribution in [3.63, 3.8) is 0 Å². The maximum Gasteiger partial charge on any atom is 0.140 e. The van der Waals surface area contributed by atoms with Gasteiger partial charge in [-0.2, -0.15) is 10.4 Å². The lowest BCUT2D eigenvalue weighted by molar-refractivity contribution is 0.158. The fraction of sp³-hybridized carbons (Fsp3) is 0.733. The Morgan fingerprint density at radius 2 is 2.29 bits per heavy atom. The van der Waals surface area contributed by atoms with Crippen LogP contribution >= 0.6 is 11.8 Å². The van der Waals surface area contributed by atoms with Gasteiger partial charge in [0.2, 0.25) is 0 Å². The topological polar surface area (TPSA) is 54.1 Å². The summed E-state index contributed by atoms with van der Waals surface area (Å²) in [5.74, 6) is 0. The van der Waals surface area contributed by atoms with E-state index in [9.17, 15) is 0 Å². The summed E-state index contributed by atoms with van der Waals surface area (Å²) >= 11 is 1.14. The Labute approximate surface area is 131 Å². The first-order valence-electron chi connectivity index (χ1n) is 7.33. The number of ether oxygens (including phenoxy) is 1. The van der Waals surface area contributed by atoms with E-state index in [-0.39, 0.29) is 5.41 Å². The van der Waals surface area contributed by atoms with E-state index in [2.05, 4.69) is 46.9 Å². The lowest BCUT2D eigenvalue weighted by Crippen LogP contribution is -2.27. The van der Waals surface area contributed by atoms with E-state index in [1.807, 2.05) is 0 Å². The predicted molar refractivity (Wildman–Crippen MR) is 84.4 cm³/mol. The highest BCUT2D eigenvalue weighted by molar-refractivity contribution is 8.03. The standard InChI is InChI=1S/C15H24N4OS/c1-15(2,3)13-9-14(21-11-16)17-19(13)12-5-6-18(10-12)7-8-20-4/h9,12H,5-8,10H2,1-4H3. The van der Waals surface area contributed by atoms with Crippen LogP contribution in [-0.4, -0.2) is 48.0 Å². The van der Waals surface area contributed by atoms with E-state index in [0.29, 0.717) is 6.04 Å². The van der Waals surface area contributed by atoms with Crippen LogP contribution in [-0.2, 0) is 10.2 Å². The van der Waals surface area contributed by atoms with Gasteiger partial charge >= 0.3 is 0 Å². The van der Waals surface area contributed by atoms with Gasteiger partial charge in [-0.1, -0.05) is 20.8 Å². The van der Waals surface area contributed by atoms with Crippen molar-refractivity contribution in [2.24, 2.45) is 0 Å². The van der Waals surface area contributed by atoms with Crippen LogP contribution < -0.4 is 0 Å². The SMILES string of the molecule is COCCN1CCC(n2nc(SC#N)cc2C(C)(C)C)C1. The first-order valence-corrected chi connectivity index (χ1v) is 8.14. The molecule has 1 saturated heterocycles.